The first-order valence-corrected chi connectivity index (χ1v) is 8.30. The minimum atomic E-state index is -0.202. The maximum atomic E-state index is 12.6. The molecular weight excluding hydrogens is 314 g/mol. The summed E-state index contributed by atoms with van der Waals surface area (Å²) in [4.78, 5) is 30.8. The molecule has 0 aliphatic carbocycles. The van der Waals surface area contributed by atoms with Gasteiger partial charge in [0.25, 0.3) is 11.5 Å². The van der Waals surface area contributed by atoms with E-state index in [9.17, 15) is 9.59 Å². The maximum absolute atomic E-state index is 12.6. The second kappa shape index (κ2) is 5.34. The molecule has 7 heteroatoms. The van der Waals surface area contributed by atoms with Crippen molar-refractivity contribution in [1.29, 1.82) is 0 Å². The van der Waals surface area contributed by atoms with Crippen molar-refractivity contribution in [2.75, 3.05) is 0 Å². The van der Waals surface area contributed by atoms with E-state index in [1.54, 1.807) is 23.0 Å². The molecule has 0 bridgehead atoms. The van der Waals surface area contributed by atoms with Gasteiger partial charge < -0.3 is 9.73 Å². The molecule has 1 aliphatic rings. The first-order valence-electron chi connectivity index (χ1n) is 7.48. The summed E-state index contributed by atoms with van der Waals surface area (Å²) in [5, 5.41) is 3.39. The van der Waals surface area contributed by atoms with Crippen molar-refractivity contribution in [2.24, 2.45) is 0 Å². The number of furan rings is 1. The third-order valence-electron chi connectivity index (χ3n) is 4.12. The van der Waals surface area contributed by atoms with E-state index in [1.807, 2.05) is 6.92 Å². The highest BCUT2D eigenvalue weighted by Gasteiger charge is 2.23. The van der Waals surface area contributed by atoms with E-state index in [-0.39, 0.29) is 11.5 Å². The van der Waals surface area contributed by atoms with E-state index in [2.05, 4.69) is 10.3 Å². The van der Waals surface area contributed by atoms with Crippen molar-refractivity contribution in [3.8, 4) is 0 Å². The third kappa shape index (κ3) is 2.28. The van der Waals surface area contributed by atoms with Crippen molar-refractivity contribution >= 4 is 27.5 Å². The largest absolute Gasteiger partial charge is 0.467 e. The average Bonchev–Trinajstić information content (AvgIpc) is 3.25. The zero-order valence-corrected chi connectivity index (χ0v) is 13.4. The Labute approximate surface area is 135 Å². The quantitative estimate of drug-likeness (QED) is 0.799. The normalized spacial score (nSPS) is 13.4. The number of rotatable bonds is 3. The van der Waals surface area contributed by atoms with Crippen LogP contribution in [0.2, 0.25) is 0 Å². The van der Waals surface area contributed by atoms with E-state index in [1.165, 1.54) is 11.3 Å². The fraction of sp³-hybridized carbons (Fsp3) is 0.312. The number of nitrogens with one attached hydrogen (secondary N) is 1. The van der Waals surface area contributed by atoms with Crippen molar-refractivity contribution in [3.05, 3.63) is 50.8 Å². The van der Waals surface area contributed by atoms with Crippen LogP contribution < -0.4 is 10.9 Å². The molecule has 3 aromatic heterocycles. The Hall–Kier alpha value is -2.41. The number of aromatic nitrogens is 2. The van der Waals surface area contributed by atoms with Gasteiger partial charge in [-0.3, -0.25) is 14.2 Å². The van der Waals surface area contributed by atoms with Gasteiger partial charge in [0, 0.05) is 13.0 Å². The minimum Gasteiger partial charge on any atom is -0.467 e. The SMILES string of the molecule is Cc1c(C(=O)NCc2ccco2)sc2nc3n(c(=O)c12)CCC3. The van der Waals surface area contributed by atoms with E-state index in [0.29, 0.717) is 39.5 Å². The van der Waals surface area contributed by atoms with Crippen LogP contribution in [0.5, 0.6) is 0 Å². The van der Waals surface area contributed by atoms with Crippen LogP contribution >= 0.6 is 11.3 Å². The number of hydrogen-bond acceptors (Lipinski definition) is 5. The highest BCUT2D eigenvalue weighted by molar-refractivity contribution is 7.20. The lowest BCUT2D eigenvalue weighted by atomic mass is 10.2. The summed E-state index contributed by atoms with van der Waals surface area (Å²) in [6.07, 6.45) is 3.34. The highest BCUT2D eigenvalue weighted by atomic mass is 32.1. The summed E-state index contributed by atoms with van der Waals surface area (Å²) in [6.45, 7) is 2.85. The first kappa shape index (κ1) is 14.2. The predicted octanol–water partition coefficient (Wildman–Crippen LogP) is 2.24. The fourth-order valence-electron chi connectivity index (χ4n) is 2.95. The molecule has 0 aromatic carbocycles. The molecule has 0 unspecified atom stereocenters. The molecular formula is C16H15N3O3S. The molecule has 0 radical (unpaired) electrons. The molecule has 23 heavy (non-hydrogen) atoms. The Kier molecular flexibility index (Phi) is 3.30. The second-order valence-electron chi connectivity index (χ2n) is 5.59. The van der Waals surface area contributed by atoms with Crippen molar-refractivity contribution in [1.82, 2.24) is 14.9 Å². The average molecular weight is 329 g/mol. The predicted molar refractivity (Wildman–Crippen MR) is 86.8 cm³/mol. The molecule has 0 fully saturated rings. The summed E-state index contributed by atoms with van der Waals surface area (Å²) in [5.41, 5.74) is 0.683. The number of carbonyl (C=O) groups is 1. The van der Waals surface area contributed by atoms with Gasteiger partial charge in [0.15, 0.2) is 0 Å². The molecule has 118 valence electrons. The summed E-state index contributed by atoms with van der Waals surface area (Å²) < 4.78 is 6.93. The van der Waals surface area contributed by atoms with Gasteiger partial charge in [0.05, 0.1) is 23.1 Å². The van der Waals surface area contributed by atoms with Gasteiger partial charge in [-0.15, -0.1) is 11.3 Å². The van der Waals surface area contributed by atoms with Crippen molar-refractivity contribution < 1.29 is 9.21 Å². The summed E-state index contributed by atoms with van der Waals surface area (Å²) >= 11 is 1.28. The Bertz CT molecular complexity index is 953. The first-order chi connectivity index (χ1) is 11.1. The highest BCUT2D eigenvalue weighted by Crippen LogP contribution is 2.28. The van der Waals surface area contributed by atoms with Gasteiger partial charge in [-0.1, -0.05) is 0 Å². The Morgan fingerprint density at radius 2 is 2.39 bits per heavy atom. The molecule has 0 spiro atoms. The van der Waals surface area contributed by atoms with Crippen LogP contribution in [0.1, 0.15) is 33.2 Å². The molecule has 0 atom stereocenters. The lowest BCUT2D eigenvalue weighted by molar-refractivity contribution is 0.0951. The van der Waals surface area contributed by atoms with Crippen LogP contribution in [-0.4, -0.2) is 15.5 Å². The van der Waals surface area contributed by atoms with Gasteiger partial charge in [0.2, 0.25) is 0 Å². The van der Waals surface area contributed by atoms with Gasteiger partial charge in [-0.2, -0.15) is 0 Å². The molecule has 3 aromatic rings. The molecule has 1 N–H and O–H groups in total. The second-order valence-corrected chi connectivity index (χ2v) is 6.59. The van der Waals surface area contributed by atoms with E-state index in [4.69, 9.17) is 4.42 Å². The van der Waals surface area contributed by atoms with Crippen LogP contribution in [0.4, 0.5) is 0 Å². The van der Waals surface area contributed by atoms with Crippen molar-refractivity contribution in [3.63, 3.8) is 0 Å². The van der Waals surface area contributed by atoms with Gasteiger partial charge >= 0.3 is 0 Å². The van der Waals surface area contributed by atoms with Crippen LogP contribution in [0.3, 0.4) is 0 Å². The number of aryl methyl sites for hydroxylation is 2. The maximum Gasteiger partial charge on any atom is 0.262 e. The number of thiophene rings is 1. The molecule has 0 saturated heterocycles. The van der Waals surface area contributed by atoms with Gasteiger partial charge in [0.1, 0.15) is 16.4 Å². The Morgan fingerprint density at radius 3 is 3.17 bits per heavy atom. The molecule has 1 amide bonds. The molecule has 1 aliphatic heterocycles. The third-order valence-corrected chi connectivity index (χ3v) is 5.31. The van der Waals surface area contributed by atoms with Crippen LogP contribution in [-0.2, 0) is 19.5 Å². The van der Waals surface area contributed by atoms with E-state index < -0.39 is 0 Å². The monoisotopic (exact) mass is 329 g/mol. The molecule has 6 nitrogen and oxygen atoms in total. The standard InChI is InChI=1S/C16H15N3O3S/c1-9-12-15(18-11-5-2-6-19(11)16(12)21)23-13(9)14(20)17-8-10-4-3-7-22-10/h3-4,7H,2,5-6,8H2,1H3,(H,17,20). The summed E-state index contributed by atoms with van der Waals surface area (Å²) in [7, 11) is 0. The number of carbonyl (C=O) groups excluding carboxylic acids is 1. The topological polar surface area (TPSA) is 77.1 Å². The Morgan fingerprint density at radius 1 is 1.52 bits per heavy atom. The van der Waals surface area contributed by atoms with Crippen molar-refractivity contribution in [2.45, 2.75) is 32.9 Å². The van der Waals surface area contributed by atoms with Gasteiger partial charge in [-0.05, 0) is 31.0 Å². The fourth-order valence-corrected chi connectivity index (χ4v) is 4.06. The summed E-state index contributed by atoms with van der Waals surface area (Å²) in [6, 6.07) is 3.58. The smallest absolute Gasteiger partial charge is 0.262 e. The minimum absolute atomic E-state index is 0.0265. The van der Waals surface area contributed by atoms with E-state index in [0.717, 1.165) is 18.7 Å². The Balaban J connectivity index is 1.71. The zero-order chi connectivity index (χ0) is 16.0. The number of hydrogen-bond donors (Lipinski definition) is 1. The number of fused-ring (bicyclic) bond motifs is 2. The van der Waals surface area contributed by atoms with Crippen LogP contribution in [0.15, 0.2) is 27.6 Å². The lowest BCUT2D eigenvalue weighted by Crippen LogP contribution is -2.23. The zero-order valence-electron chi connectivity index (χ0n) is 12.6. The molecule has 4 heterocycles. The lowest BCUT2D eigenvalue weighted by Gasteiger charge is -2.02. The molecule has 4 rings (SSSR count). The van der Waals surface area contributed by atoms with Gasteiger partial charge in [-0.25, -0.2) is 4.98 Å². The van der Waals surface area contributed by atoms with Crippen LogP contribution in [0.25, 0.3) is 10.2 Å². The number of amides is 1. The molecule has 0 saturated carbocycles. The van der Waals surface area contributed by atoms with E-state index >= 15 is 0 Å². The summed E-state index contributed by atoms with van der Waals surface area (Å²) in [5.74, 6) is 1.31. The van der Waals surface area contributed by atoms with Crippen LogP contribution in [0, 0.1) is 6.92 Å². The number of nitrogens with zero attached hydrogens (tertiary/aromatic N) is 2.